The van der Waals surface area contributed by atoms with Crippen LogP contribution >= 0.6 is 15.9 Å². The predicted octanol–water partition coefficient (Wildman–Crippen LogP) is 1.51. The molecule has 0 aromatic carbocycles. The van der Waals surface area contributed by atoms with Gasteiger partial charge in [-0.05, 0) is 28.1 Å². The summed E-state index contributed by atoms with van der Waals surface area (Å²) in [5.74, 6) is 0.649. The standard InChI is InChI=1S/C11H11BrN4O/c1-16-5-4-13-10(16)7-15-11(17)8-2-3-9(12)14-6-8/h2-6H,7H2,1H3,(H,15,17). The summed E-state index contributed by atoms with van der Waals surface area (Å²) in [5.41, 5.74) is 0.530. The third kappa shape index (κ3) is 2.91. The first-order chi connectivity index (χ1) is 8.16. The molecule has 0 aliphatic heterocycles. The number of amides is 1. The van der Waals surface area contributed by atoms with Crippen molar-refractivity contribution >= 4 is 21.8 Å². The molecule has 0 bridgehead atoms. The van der Waals surface area contributed by atoms with Crippen molar-refractivity contribution in [3.63, 3.8) is 0 Å². The Hall–Kier alpha value is -1.69. The highest BCUT2D eigenvalue weighted by atomic mass is 79.9. The minimum atomic E-state index is -0.159. The number of nitrogens with zero attached hydrogens (tertiary/aromatic N) is 3. The van der Waals surface area contributed by atoms with Gasteiger partial charge < -0.3 is 9.88 Å². The molecule has 2 rings (SSSR count). The summed E-state index contributed by atoms with van der Waals surface area (Å²) in [6.45, 7) is 0.401. The number of hydrogen-bond donors (Lipinski definition) is 1. The number of halogens is 1. The Kier molecular flexibility index (Phi) is 3.53. The van der Waals surface area contributed by atoms with E-state index < -0.39 is 0 Å². The Balaban J connectivity index is 1.98. The topological polar surface area (TPSA) is 59.8 Å². The summed E-state index contributed by atoms with van der Waals surface area (Å²) in [7, 11) is 1.88. The molecule has 88 valence electrons. The normalized spacial score (nSPS) is 10.2. The van der Waals surface area contributed by atoms with Gasteiger partial charge in [-0.1, -0.05) is 0 Å². The average molecular weight is 295 g/mol. The Morgan fingerprint density at radius 2 is 2.29 bits per heavy atom. The molecule has 0 aliphatic carbocycles. The van der Waals surface area contributed by atoms with Crippen LogP contribution in [0.4, 0.5) is 0 Å². The zero-order valence-electron chi connectivity index (χ0n) is 9.22. The summed E-state index contributed by atoms with van der Waals surface area (Å²) in [6.07, 6.45) is 5.06. The summed E-state index contributed by atoms with van der Waals surface area (Å²) < 4.78 is 2.57. The van der Waals surface area contributed by atoms with E-state index in [-0.39, 0.29) is 5.91 Å². The molecule has 6 heteroatoms. The molecular weight excluding hydrogens is 284 g/mol. The molecule has 1 N–H and O–H groups in total. The number of aromatic nitrogens is 3. The van der Waals surface area contributed by atoms with Crippen LogP contribution in [-0.2, 0) is 13.6 Å². The molecule has 1 amide bonds. The van der Waals surface area contributed by atoms with Crippen LogP contribution in [-0.4, -0.2) is 20.4 Å². The van der Waals surface area contributed by atoms with E-state index >= 15 is 0 Å². The van der Waals surface area contributed by atoms with Gasteiger partial charge in [0.05, 0.1) is 12.1 Å². The molecule has 0 aliphatic rings. The largest absolute Gasteiger partial charge is 0.345 e. The van der Waals surface area contributed by atoms with Gasteiger partial charge in [0.2, 0.25) is 0 Å². The Morgan fingerprint density at radius 1 is 1.47 bits per heavy atom. The summed E-state index contributed by atoms with van der Waals surface area (Å²) >= 11 is 3.22. The van der Waals surface area contributed by atoms with Gasteiger partial charge in [0.15, 0.2) is 0 Å². The van der Waals surface area contributed by atoms with Gasteiger partial charge in [-0.25, -0.2) is 9.97 Å². The van der Waals surface area contributed by atoms with Gasteiger partial charge in [0.1, 0.15) is 10.4 Å². The van der Waals surface area contributed by atoms with Crippen LogP contribution in [0.25, 0.3) is 0 Å². The van der Waals surface area contributed by atoms with Crippen LogP contribution in [0.2, 0.25) is 0 Å². The summed E-state index contributed by atoms with van der Waals surface area (Å²) in [6, 6.07) is 3.44. The van der Waals surface area contributed by atoms with Gasteiger partial charge in [0.25, 0.3) is 5.91 Å². The quantitative estimate of drug-likeness (QED) is 0.873. The van der Waals surface area contributed by atoms with Gasteiger partial charge in [-0.3, -0.25) is 4.79 Å². The molecular formula is C11H11BrN4O. The van der Waals surface area contributed by atoms with Crippen LogP contribution in [0.5, 0.6) is 0 Å². The van der Waals surface area contributed by atoms with Crippen molar-refractivity contribution in [3.8, 4) is 0 Å². The Bertz CT molecular complexity index is 521. The number of carbonyl (C=O) groups is 1. The maximum Gasteiger partial charge on any atom is 0.253 e. The average Bonchev–Trinajstić information content (AvgIpc) is 2.73. The molecule has 0 fully saturated rings. The van der Waals surface area contributed by atoms with Gasteiger partial charge in [-0.15, -0.1) is 0 Å². The molecule has 5 nitrogen and oxygen atoms in total. The first-order valence-electron chi connectivity index (χ1n) is 5.03. The second-order valence-electron chi connectivity index (χ2n) is 3.51. The Morgan fingerprint density at radius 3 is 2.88 bits per heavy atom. The van der Waals surface area contributed by atoms with E-state index in [0.29, 0.717) is 16.7 Å². The zero-order chi connectivity index (χ0) is 12.3. The number of aryl methyl sites for hydroxylation is 1. The highest BCUT2D eigenvalue weighted by Crippen LogP contribution is 2.06. The number of carbonyl (C=O) groups excluding carboxylic acids is 1. The minimum absolute atomic E-state index is 0.159. The van der Waals surface area contributed by atoms with Crippen LogP contribution in [0.15, 0.2) is 35.3 Å². The van der Waals surface area contributed by atoms with Crippen molar-refractivity contribution in [1.29, 1.82) is 0 Å². The third-order valence-corrected chi connectivity index (χ3v) is 2.79. The van der Waals surface area contributed by atoms with Crippen LogP contribution < -0.4 is 5.32 Å². The lowest BCUT2D eigenvalue weighted by atomic mass is 10.3. The van der Waals surface area contributed by atoms with Gasteiger partial charge in [0, 0.05) is 25.6 Å². The first-order valence-corrected chi connectivity index (χ1v) is 5.82. The lowest BCUT2D eigenvalue weighted by molar-refractivity contribution is 0.0949. The van der Waals surface area contributed by atoms with E-state index in [1.807, 2.05) is 17.8 Å². The number of rotatable bonds is 3. The van der Waals surface area contributed by atoms with Crippen molar-refractivity contribution in [1.82, 2.24) is 19.9 Å². The molecule has 0 unspecified atom stereocenters. The van der Waals surface area contributed by atoms with E-state index in [1.165, 1.54) is 6.20 Å². The second-order valence-corrected chi connectivity index (χ2v) is 4.32. The fraction of sp³-hybridized carbons (Fsp3) is 0.182. The number of pyridine rings is 1. The second kappa shape index (κ2) is 5.09. The van der Waals surface area contributed by atoms with E-state index in [9.17, 15) is 4.79 Å². The van der Waals surface area contributed by atoms with Crippen molar-refractivity contribution in [2.75, 3.05) is 0 Å². The van der Waals surface area contributed by atoms with Crippen molar-refractivity contribution in [2.24, 2.45) is 7.05 Å². The van der Waals surface area contributed by atoms with E-state index in [1.54, 1.807) is 18.3 Å². The monoisotopic (exact) mass is 294 g/mol. The molecule has 0 radical (unpaired) electrons. The number of hydrogen-bond acceptors (Lipinski definition) is 3. The van der Waals surface area contributed by atoms with E-state index in [2.05, 4.69) is 31.2 Å². The van der Waals surface area contributed by atoms with Crippen LogP contribution in [0.3, 0.4) is 0 Å². The molecule has 0 atom stereocenters. The molecule has 2 aromatic rings. The van der Waals surface area contributed by atoms with Crippen molar-refractivity contribution in [3.05, 3.63) is 46.7 Å². The van der Waals surface area contributed by atoms with E-state index in [0.717, 1.165) is 5.82 Å². The smallest absolute Gasteiger partial charge is 0.253 e. The van der Waals surface area contributed by atoms with Crippen LogP contribution in [0.1, 0.15) is 16.2 Å². The summed E-state index contributed by atoms with van der Waals surface area (Å²) in [5, 5.41) is 2.78. The molecule has 0 spiro atoms. The van der Waals surface area contributed by atoms with Crippen molar-refractivity contribution < 1.29 is 4.79 Å². The van der Waals surface area contributed by atoms with Crippen LogP contribution in [0, 0.1) is 0 Å². The SMILES string of the molecule is Cn1ccnc1CNC(=O)c1ccc(Br)nc1. The third-order valence-electron chi connectivity index (χ3n) is 2.32. The lowest BCUT2D eigenvalue weighted by Gasteiger charge is -2.05. The molecule has 17 heavy (non-hydrogen) atoms. The zero-order valence-corrected chi connectivity index (χ0v) is 10.8. The summed E-state index contributed by atoms with van der Waals surface area (Å²) in [4.78, 5) is 19.9. The highest BCUT2D eigenvalue weighted by Gasteiger charge is 2.06. The number of imidazole rings is 1. The fourth-order valence-electron chi connectivity index (χ4n) is 1.34. The maximum atomic E-state index is 11.8. The predicted molar refractivity (Wildman–Crippen MR) is 66.3 cm³/mol. The highest BCUT2D eigenvalue weighted by molar-refractivity contribution is 9.10. The van der Waals surface area contributed by atoms with Gasteiger partial charge >= 0.3 is 0 Å². The molecule has 2 aromatic heterocycles. The first kappa shape index (κ1) is 11.8. The van der Waals surface area contributed by atoms with E-state index in [4.69, 9.17) is 0 Å². The number of nitrogens with one attached hydrogen (secondary N) is 1. The molecule has 0 saturated heterocycles. The molecule has 0 saturated carbocycles. The Labute approximate surface area is 107 Å². The molecule has 2 heterocycles. The van der Waals surface area contributed by atoms with Crippen molar-refractivity contribution in [2.45, 2.75) is 6.54 Å². The maximum absolute atomic E-state index is 11.8. The fourth-order valence-corrected chi connectivity index (χ4v) is 1.57. The van der Waals surface area contributed by atoms with Gasteiger partial charge in [-0.2, -0.15) is 0 Å². The lowest BCUT2D eigenvalue weighted by Crippen LogP contribution is -2.24. The minimum Gasteiger partial charge on any atom is -0.345 e.